The van der Waals surface area contributed by atoms with E-state index in [1.165, 1.54) is 16.7 Å². The Bertz CT molecular complexity index is 1030. The van der Waals surface area contributed by atoms with Crippen LogP contribution in [0, 0.1) is 13.8 Å². The topological polar surface area (TPSA) is 51.9 Å². The van der Waals surface area contributed by atoms with Gasteiger partial charge in [0.05, 0.1) is 6.20 Å². The van der Waals surface area contributed by atoms with Crippen LogP contribution >= 0.6 is 0 Å². The lowest BCUT2D eigenvalue weighted by molar-refractivity contribution is 0.102. The van der Waals surface area contributed by atoms with Gasteiger partial charge in [-0.25, -0.2) is 0 Å². The van der Waals surface area contributed by atoms with Crippen molar-refractivity contribution in [3.05, 3.63) is 76.8 Å². The number of aryl methyl sites for hydroxylation is 4. The number of anilines is 1. The van der Waals surface area contributed by atoms with Gasteiger partial charge in [-0.05, 0) is 68.5 Å². The monoisotopic (exact) mass is 360 g/mol. The van der Waals surface area contributed by atoms with Crippen molar-refractivity contribution in [2.24, 2.45) is 7.05 Å². The van der Waals surface area contributed by atoms with Crippen LogP contribution in [-0.4, -0.2) is 20.3 Å². The number of aromatic nitrogens is 3. The highest BCUT2D eigenvalue weighted by atomic mass is 16.1. The van der Waals surface area contributed by atoms with E-state index in [0.29, 0.717) is 5.56 Å². The van der Waals surface area contributed by atoms with Gasteiger partial charge in [0.2, 0.25) is 0 Å². The van der Waals surface area contributed by atoms with Gasteiger partial charge in [0.1, 0.15) is 11.4 Å². The van der Waals surface area contributed by atoms with Gasteiger partial charge < -0.3 is 9.88 Å². The van der Waals surface area contributed by atoms with Crippen molar-refractivity contribution in [3.63, 3.8) is 0 Å². The number of nitrogens with zero attached hydrogens (tertiary/aromatic N) is 3. The molecular formula is C22H24N4O. The SMILES string of the molecule is C=C1CCc2cc(NC(=O)c3cnn(C)c3-n3c(C)ccc3C)ccc2C1. The molecule has 0 spiro atoms. The van der Waals surface area contributed by atoms with Crippen molar-refractivity contribution in [3.8, 4) is 5.82 Å². The first-order valence-electron chi connectivity index (χ1n) is 9.21. The standard InChI is InChI=1S/C22H24N4O/c1-14-5-8-18-12-19(10-9-17(18)11-14)24-21(27)20-13-23-25(4)22(20)26-15(2)6-7-16(26)3/h6-7,9-10,12-13H,1,5,8,11H2,2-4H3,(H,24,27). The third-order valence-electron chi connectivity index (χ3n) is 5.29. The summed E-state index contributed by atoms with van der Waals surface area (Å²) in [5.41, 5.74) is 7.40. The van der Waals surface area contributed by atoms with E-state index in [4.69, 9.17) is 0 Å². The summed E-state index contributed by atoms with van der Waals surface area (Å²) in [6, 6.07) is 10.2. The summed E-state index contributed by atoms with van der Waals surface area (Å²) >= 11 is 0. The Hall–Kier alpha value is -3.08. The fourth-order valence-corrected chi connectivity index (χ4v) is 3.84. The van der Waals surface area contributed by atoms with Crippen LogP contribution in [-0.2, 0) is 19.9 Å². The van der Waals surface area contributed by atoms with Gasteiger partial charge >= 0.3 is 0 Å². The molecule has 138 valence electrons. The number of hydrogen-bond donors (Lipinski definition) is 1. The smallest absolute Gasteiger partial charge is 0.261 e. The maximum atomic E-state index is 13.0. The van der Waals surface area contributed by atoms with Crippen molar-refractivity contribution in [1.29, 1.82) is 0 Å². The molecule has 0 aliphatic heterocycles. The summed E-state index contributed by atoms with van der Waals surface area (Å²) in [5, 5.41) is 7.37. The number of allylic oxidation sites excluding steroid dienone is 1. The van der Waals surface area contributed by atoms with Crippen molar-refractivity contribution in [2.45, 2.75) is 33.1 Å². The van der Waals surface area contributed by atoms with E-state index < -0.39 is 0 Å². The Morgan fingerprint density at radius 2 is 1.85 bits per heavy atom. The molecule has 1 aliphatic carbocycles. The Morgan fingerprint density at radius 3 is 2.59 bits per heavy atom. The molecule has 0 saturated heterocycles. The number of rotatable bonds is 3. The number of hydrogen-bond acceptors (Lipinski definition) is 2. The van der Waals surface area contributed by atoms with E-state index in [2.05, 4.69) is 33.7 Å². The van der Waals surface area contributed by atoms with E-state index in [-0.39, 0.29) is 5.91 Å². The maximum absolute atomic E-state index is 13.0. The minimum Gasteiger partial charge on any atom is -0.322 e. The lowest BCUT2D eigenvalue weighted by Gasteiger charge is -2.19. The molecule has 1 amide bonds. The first kappa shape index (κ1) is 17.3. The van der Waals surface area contributed by atoms with E-state index in [0.717, 1.165) is 42.2 Å². The predicted octanol–water partition coefficient (Wildman–Crippen LogP) is 4.12. The first-order chi connectivity index (χ1) is 12.9. The number of carbonyl (C=O) groups is 1. The quantitative estimate of drug-likeness (QED) is 0.714. The van der Waals surface area contributed by atoms with Crippen LogP contribution in [0.3, 0.4) is 0 Å². The van der Waals surface area contributed by atoms with E-state index in [9.17, 15) is 4.79 Å². The minimum absolute atomic E-state index is 0.147. The molecule has 3 aromatic rings. The summed E-state index contributed by atoms with van der Waals surface area (Å²) in [6.45, 7) is 8.15. The predicted molar refractivity (Wildman–Crippen MR) is 108 cm³/mol. The van der Waals surface area contributed by atoms with Crippen LogP contribution < -0.4 is 5.32 Å². The van der Waals surface area contributed by atoms with Crippen molar-refractivity contribution >= 4 is 11.6 Å². The van der Waals surface area contributed by atoms with Crippen LogP contribution in [0.2, 0.25) is 0 Å². The number of amides is 1. The molecule has 0 bridgehead atoms. The van der Waals surface area contributed by atoms with Crippen LogP contribution in [0.4, 0.5) is 5.69 Å². The van der Waals surface area contributed by atoms with Crippen LogP contribution in [0.5, 0.6) is 0 Å². The van der Waals surface area contributed by atoms with E-state index >= 15 is 0 Å². The number of benzene rings is 1. The van der Waals surface area contributed by atoms with Gasteiger partial charge in [0.15, 0.2) is 0 Å². The highest BCUT2D eigenvalue weighted by molar-refractivity contribution is 6.06. The largest absolute Gasteiger partial charge is 0.322 e. The second-order valence-electron chi connectivity index (χ2n) is 7.32. The molecule has 0 fully saturated rings. The summed E-state index contributed by atoms with van der Waals surface area (Å²) in [5.74, 6) is 0.632. The van der Waals surface area contributed by atoms with Crippen LogP contribution in [0.1, 0.15) is 39.3 Å². The maximum Gasteiger partial charge on any atom is 0.261 e. The zero-order valence-corrected chi connectivity index (χ0v) is 16.0. The summed E-state index contributed by atoms with van der Waals surface area (Å²) < 4.78 is 3.80. The highest BCUT2D eigenvalue weighted by Gasteiger charge is 2.20. The molecule has 5 heteroatoms. The molecule has 27 heavy (non-hydrogen) atoms. The molecule has 1 aliphatic rings. The van der Waals surface area contributed by atoms with Crippen molar-refractivity contribution in [1.82, 2.24) is 14.3 Å². The lowest BCUT2D eigenvalue weighted by atomic mass is 9.88. The zero-order valence-electron chi connectivity index (χ0n) is 16.0. The van der Waals surface area contributed by atoms with Crippen LogP contribution in [0.15, 0.2) is 48.7 Å². The lowest BCUT2D eigenvalue weighted by Crippen LogP contribution is -2.17. The molecule has 1 aromatic carbocycles. The van der Waals surface area contributed by atoms with Gasteiger partial charge in [-0.1, -0.05) is 18.2 Å². The van der Waals surface area contributed by atoms with Gasteiger partial charge in [0, 0.05) is 24.1 Å². The Kier molecular flexibility index (Phi) is 4.22. The number of nitrogens with one attached hydrogen (secondary N) is 1. The van der Waals surface area contributed by atoms with E-state index in [1.54, 1.807) is 10.9 Å². The third-order valence-corrected chi connectivity index (χ3v) is 5.29. The molecule has 0 unspecified atom stereocenters. The van der Waals surface area contributed by atoms with Gasteiger partial charge in [-0.3, -0.25) is 9.48 Å². The molecule has 2 aromatic heterocycles. The second kappa shape index (κ2) is 6.58. The van der Waals surface area contributed by atoms with E-state index in [1.807, 2.05) is 39.1 Å². The number of carbonyl (C=O) groups excluding carboxylic acids is 1. The molecule has 4 rings (SSSR count). The molecule has 0 saturated carbocycles. The van der Waals surface area contributed by atoms with Crippen LogP contribution in [0.25, 0.3) is 5.82 Å². The first-order valence-corrected chi connectivity index (χ1v) is 9.21. The summed E-state index contributed by atoms with van der Waals surface area (Å²) in [4.78, 5) is 13.0. The molecule has 5 nitrogen and oxygen atoms in total. The van der Waals surface area contributed by atoms with Gasteiger partial charge in [-0.15, -0.1) is 0 Å². The summed E-state index contributed by atoms with van der Waals surface area (Å²) in [7, 11) is 1.86. The highest BCUT2D eigenvalue weighted by Crippen LogP contribution is 2.27. The third kappa shape index (κ3) is 3.10. The van der Waals surface area contributed by atoms with Crippen molar-refractivity contribution in [2.75, 3.05) is 5.32 Å². The number of fused-ring (bicyclic) bond motifs is 1. The average molecular weight is 360 g/mol. The van der Waals surface area contributed by atoms with Gasteiger partial charge in [-0.2, -0.15) is 5.10 Å². The molecule has 2 heterocycles. The average Bonchev–Trinajstić information content (AvgIpc) is 3.17. The van der Waals surface area contributed by atoms with Crippen molar-refractivity contribution < 1.29 is 4.79 Å². The fraction of sp³-hybridized carbons (Fsp3) is 0.273. The Balaban J connectivity index is 1.65. The summed E-state index contributed by atoms with van der Waals surface area (Å²) in [6.07, 6.45) is 4.57. The normalized spacial score (nSPS) is 13.5. The Labute approximate surface area is 159 Å². The molecule has 1 N–H and O–H groups in total. The molecule has 0 atom stereocenters. The second-order valence-corrected chi connectivity index (χ2v) is 7.32. The minimum atomic E-state index is -0.147. The molecule has 0 radical (unpaired) electrons. The zero-order chi connectivity index (χ0) is 19.1. The molecular weight excluding hydrogens is 336 g/mol. The van der Waals surface area contributed by atoms with Gasteiger partial charge in [0.25, 0.3) is 5.91 Å². The Morgan fingerprint density at radius 1 is 1.11 bits per heavy atom. The fourth-order valence-electron chi connectivity index (χ4n) is 3.84.